The van der Waals surface area contributed by atoms with E-state index in [0.29, 0.717) is 23.9 Å². The maximum atomic E-state index is 11.7. The van der Waals surface area contributed by atoms with Crippen LogP contribution >= 0.6 is 0 Å². The van der Waals surface area contributed by atoms with Crippen molar-refractivity contribution in [1.82, 2.24) is 4.90 Å². The summed E-state index contributed by atoms with van der Waals surface area (Å²) in [4.78, 5) is 25.5. The van der Waals surface area contributed by atoms with Gasteiger partial charge in [0.05, 0.1) is 7.11 Å². The van der Waals surface area contributed by atoms with Gasteiger partial charge in [0.1, 0.15) is 35.7 Å². The Morgan fingerprint density at radius 1 is 0.951 bits per heavy atom. The molecule has 8 nitrogen and oxygen atoms in total. The number of rotatable bonds is 8. The number of carbonyl (C=O) groups is 2. The predicted octanol–water partition coefficient (Wildman–Crippen LogP) is 6.54. The SMILES string of the molecule is COC(=O)Oc1ccc2c(c1)O[C@@H](c1ccc(OCCN3CC[C@@H](C)C3)cc1)C(c1ccc(OC(C)=O)cc1)=C2C. The number of likely N-dealkylation sites (tertiary alicyclic amines) is 1. The van der Waals surface area contributed by atoms with E-state index in [1.807, 2.05) is 49.4 Å². The van der Waals surface area contributed by atoms with Gasteiger partial charge in [0.2, 0.25) is 0 Å². The van der Waals surface area contributed by atoms with E-state index < -0.39 is 12.3 Å². The Labute approximate surface area is 240 Å². The Bertz CT molecular complexity index is 1430. The molecule has 0 bridgehead atoms. The second kappa shape index (κ2) is 12.5. The topological polar surface area (TPSA) is 83.5 Å². The molecule has 1 fully saturated rings. The molecule has 2 atom stereocenters. The number of esters is 1. The lowest BCUT2D eigenvalue weighted by Crippen LogP contribution is -2.25. The summed E-state index contributed by atoms with van der Waals surface area (Å²) < 4.78 is 27.7. The number of hydrogen-bond donors (Lipinski definition) is 0. The average Bonchev–Trinajstić information content (AvgIpc) is 3.38. The van der Waals surface area contributed by atoms with Crippen molar-refractivity contribution in [3.63, 3.8) is 0 Å². The van der Waals surface area contributed by atoms with Gasteiger partial charge in [0.25, 0.3) is 0 Å². The van der Waals surface area contributed by atoms with Crippen LogP contribution < -0.4 is 18.9 Å². The van der Waals surface area contributed by atoms with Crippen LogP contribution in [0.4, 0.5) is 4.79 Å². The summed E-state index contributed by atoms with van der Waals surface area (Å²) in [6.45, 7) is 9.53. The summed E-state index contributed by atoms with van der Waals surface area (Å²) in [5, 5.41) is 0. The Kier molecular flexibility index (Phi) is 8.59. The van der Waals surface area contributed by atoms with Crippen molar-refractivity contribution in [2.24, 2.45) is 5.92 Å². The third-order valence-corrected chi connectivity index (χ3v) is 7.43. The van der Waals surface area contributed by atoms with Crippen LogP contribution in [0.25, 0.3) is 11.1 Å². The van der Waals surface area contributed by atoms with E-state index in [9.17, 15) is 9.59 Å². The average molecular weight is 558 g/mol. The molecule has 41 heavy (non-hydrogen) atoms. The number of hydrogen-bond acceptors (Lipinski definition) is 8. The van der Waals surface area contributed by atoms with Crippen molar-refractivity contribution >= 4 is 23.3 Å². The molecule has 0 amide bonds. The molecule has 214 valence electrons. The van der Waals surface area contributed by atoms with Gasteiger partial charge in [-0.15, -0.1) is 0 Å². The van der Waals surface area contributed by atoms with Crippen molar-refractivity contribution in [3.8, 4) is 23.0 Å². The predicted molar refractivity (Wildman–Crippen MR) is 155 cm³/mol. The number of carbonyl (C=O) groups excluding carboxylic acids is 2. The van der Waals surface area contributed by atoms with Gasteiger partial charge in [0.15, 0.2) is 0 Å². The molecule has 0 aliphatic carbocycles. The lowest BCUT2D eigenvalue weighted by molar-refractivity contribution is -0.131. The third kappa shape index (κ3) is 6.72. The van der Waals surface area contributed by atoms with E-state index >= 15 is 0 Å². The summed E-state index contributed by atoms with van der Waals surface area (Å²) in [5.74, 6) is 2.58. The quantitative estimate of drug-likeness (QED) is 0.175. The van der Waals surface area contributed by atoms with Crippen LogP contribution in [0.1, 0.15) is 50.0 Å². The number of allylic oxidation sites excluding steroid dienone is 1. The van der Waals surface area contributed by atoms with Gasteiger partial charge in [0, 0.05) is 37.2 Å². The fraction of sp³-hybridized carbons (Fsp3) is 0.333. The molecule has 0 saturated carbocycles. The van der Waals surface area contributed by atoms with Crippen LogP contribution in [0, 0.1) is 5.92 Å². The summed E-state index contributed by atoms with van der Waals surface area (Å²) in [7, 11) is 1.26. The number of benzene rings is 3. The first kappa shape index (κ1) is 28.2. The summed E-state index contributed by atoms with van der Waals surface area (Å²) in [5.41, 5.74) is 4.75. The van der Waals surface area contributed by atoms with Crippen LogP contribution in [0.2, 0.25) is 0 Å². The molecule has 2 heterocycles. The fourth-order valence-electron chi connectivity index (χ4n) is 5.37. The number of ether oxygens (including phenoxy) is 5. The summed E-state index contributed by atoms with van der Waals surface area (Å²) >= 11 is 0. The Morgan fingerprint density at radius 3 is 2.32 bits per heavy atom. The van der Waals surface area contributed by atoms with Crippen LogP contribution in [0.15, 0.2) is 66.7 Å². The minimum Gasteiger partial charge on any atom is -0.492 e. The Balaban J connectivity index is 1.42. The van der Waals surface area contributed by atoms with E-state index in [-0.39, 0.29) is 5.97 Å². The van der Waals surface area contributed by atoms with E-state index in [0.717, 1.165) is 59.1 Å². The van der Waals surface area contributed by atoms with E-state index in [1.165, 1.54) is 20.5 Å². The molecule has 0 aromatic heterocycles. The first-order valence-electron chi connectivity index (χ1n) is 13.8. The van der Waals surface area contributed by atoms with Crippen LogP contribution in [-0.2, 0) is 9.53 Å². The molecule has 2 aliphatic heterocycles. The van der Waals surface area contributed by atoms with Gasteiger partial charge in [-0.2, -0.15) is 0 Å². The smallest absolute Gasteiger partial charge is 0.492 e. The van der Waals surface area contributed by atoms with Crippen molar-refractivity contribution in [2.45, 2.75) is 33.3 Å². The molecule has 3 aromatic rings. The second-order valence-corrected chi connectivity index (χ2v) is 10.5. The number of fused-ring (bicyclic) bond motifs is 1. The lowest BCUT2D eigenvalue weighted by atomic mass is 9.86. The van der Waals surface area contributed by atoms with Gasteiger partial charge in [-0.25, -0.2) is 4.79 Å². The van der Waals surface area contributed by atoms with Gasteiger partial charge in [-0.05, 0) is 78.9 Å². The molecule has 5 rings (SSSR count). The molecular weight excluding hydrogens is 522 g/mol. The zero-order chi connectivity index (χ0) is 28.9. The highest BCUT2D eigenvalue weighted by Gasteiger charge is 2.30. The molecular formula is C33H35NO7. The van der Waals surface area contributed by atoms with E-state index in [1.54, 1.807) is 24.3 Å². The fourth-order valence-corrected chi connectivity index (χ4v) is 5.37. The molecule has 0 N–H and O–H groups in total. The number of methoxy groups -OCH3 is 1. The van der Waals surface area contributed by atoms with Crippen molar-refractivity contribution < 1.29 is 33.3 Å². The molecule has 1 saturated heterocycles. The highest BCUT2D eigenvalue weighted by Crippen LogP contribution is 2.47. The van der Waals surface area contributed by atoms with Crippen molar-refractivity contribution in [1.29, 1.82) is 0 Å². The number of nitrogens with zero attached hydrogens (tertiary/aromatic N) is 1. The molecule has 3 aromatic carbocycles. The van der Waals surface area contributed by atoms with Crippen LogP contribution in [0.3, 0.4) is 0 Å². The monoisotopic (exact) mass is 557 g/mol. The first-order valence-corrected chi connectivity index (χ1v) is 13.8. The maximum Gasteiger partial charge on any atom is 0.513 e. The minimum absolute atomic E-state index is 0.326. The lowest BCUT2D eigenvalue weighted by Gasteiger charge is -2.31. The molecule has 0 radical (unpaired) electrons. The van der Waals surface area contributed by atoms with Crippen molar-refractivity contribution in [2.75, 3.05) is 33.4 Å². The van der Waals surface area contributed by atoms with Gasteiger partial charge < -0.3 is 23.7 Å². The van der Waals surface area contributed by atoms with Crippen LogP contribution in [-0.4, -0.2) is 50.4 Å². The van der Waals surface area contributed by atoms with Crippen molar-refractivity contribution in [3.05, 3.63) is 83.4 Å². The van der Waals surface area contributed by atoms with E-state index in [4.69, 9.17) is 18.9 Å². The Hall–Kier alpha value is -4.30. The molecule has 2 aliphatic rings. The third-order valence-electron chi connectivity index (χ3n) is 7.43. The van der Waals surface area contributed by atoms with Gasteiger partial charge in [-0.1, -0.05) is 31.2 Å². The molecule has 8 heteroatoms. The molecule has 0 unspecified atom stereocenters. The minimum atomic E-state index is -0.798. The standard InChI is InChI=1S/C33H35NO7/c1-21-15-16-34(20-21)17-18-38-26-9-7-25(8-10-26)32-31(24-5-11-27(12-6-24)39-23(3)35)22(2)29-14-13-28(19-30(29)41-32)40-33(36)37-4/h5-14,19,21,32H,15-18,20H2,1-4H3/t21-,32+/m1/s1. The maximum absolute atomic E-state index is 11.7. The summed E-state index contributed by atoms with van der Waals surface area (Å²) in [6, 6.07) is 20.6. The largest absolute Gasteiger partial charge is 0.513 e. The zero-order valence-corrected chi connectivity index (χ0v) is 23.8. The zero-order valence-electron chi connectivity index (χ0n) is 23.8. The first-order chi connectivity index (χ1) is 19.8. The highest BCUT2D eigenvalue weighted by atomic mass is 16.7. The van der Waals surface area contributed by atoms with Crippen LogP contribution in [0.5, 0.6) is 23.0 Å². The molecule has 0 spiro atoms. The van der Waals surface area contributed by atoms with Gasteiger partial charge in [-0.3, -0.25) is 9.69 Å². The van der Waals surface area contributed by atoms with E-state index in [2.05, 4.69) is 16.6 Å². The summed E-state index contributed by atoms with van der Waals surface area (Å²) in [6.07, 6.45) is 0.000580. The Morgan fingerprint density at radius 2 is 1.66 bits per heavy atom. The second-order valence-electron chi connectivity index (χ2n) is 10.5. The van der Waals surface area contributed by atoms with Gasteiger partial charge >= 0.3 is 12.1 Å². The highest BCUT2D eigenvalue weighted by molar-refractivity contribution is 5.95. The normalized spacial score (nSPS) is 18.3.